The molecular weight excluding hydrogens is 452 g/mol. The SMILES string of the molecule is Cc1[nH]nc2c1N=C(c1c(F)cccc1F)Nc1cnc(N3CCN(S(C)(=O)=O)CC3)cc1-2. The monoisotopic (exact) mass is 473 g/mol. The molecule has 9 nitrogen and oxygen atoms in total. The molecular formula is C21H21F2N7O2S. The van der Waals surface area contributed by atoms with Crippen LogP contribution in [0.3, 0.4) is 0 Å². The lowest BCUT2D eigenvalue weighted by atomic mass is 10.1. The fraction of sp³-hybridized carbons (Fsp3) is 0.286. The molecule has 0 saturated carbocycles. The number of sulfonamides is 1. The summed E-state index contributed by atoms with van der Waals surface area (Å²) in [5, 5.41) is 10.3. The van der Waals surface area contributed by atoms with Gasteiger partial charge in [-0.25, -0.2) is 27.2 Å². The van der Waals surface area contributed by atoms with Gasteiger partial charge in [-0.15, -0.1) is 0 Å². The third-order valence-corrected chi connectivity index (χ3v) is 7.07. The lowest BCUT2D eigenvalue weighted by Gasteiger charge is -2.34. The van der Waals surface area contributed by atoms with E-state index in [9.17, 15) is 17.2 Å². The molecule has 2 N–H and O–H groups in total. The lowest BCUT2D eigenvalue weighted by Crippen LogP contribution is -2.48. The number of aryl methyl sites for hydroxylation is 1. The summed E-state index contributed by atoms with van der Waals surface area (Å²) in [4.78, 5) is 11.0. The van der Waals surface area contributed by atoms with Crippen LogP contribution in [0.2, 0.25) is 0 Å². The van der Waals surface area contributed by atoms with Gasteiger partial charge in [0, 0.05) is 31.7 Å². The van der Waals surface area contributed by atoms with Crippen LogP contribution in [0.5, 0.6) is 0 Å². The summed E-state index contributed by atoms with van der Waals surface area (Å²) in [7, 11) is -3.24. The van der Waals surface area contributed by atoms with E-state index in [4.69, 9.17) is 0 Å². The van der Waals surface area contributed by atoms with Gasteiger partial charge in [0.25, 0.3) is 0 Å². The third kappa shape index (κ3) is 3.85. The molecule has 12 heteroatoms. The molecule has 0 aliphatic carbocycles. The van der Waals surface area contributed by atoms with Gasteiger partial charge < -0.3 is 10.2 Å². The summed E-state index contributed by atoms with van der Waals surface area (Å²) in [5.41, 5.74) is 2.55. The number of hydrogen-bond acceptors (Lipinski definition) is 7. The highest BCUT2D eigenvalue weighted by Gasteiger charge is 2.28. The molecule has 1 fully saturated rings. The van der Waals surface area contributed by atoms with E-state index in [1.54, 1.807) is 13.1 Å². The summed E-state index contributed by atoms with van der Waals surface area (Å²) in [5.74, 6) is -0.802. The van der Waals surface area contributed by atoms with Crippen molar-refractivity contribution in [3.8, 4) is 11.3 Å². The van der Waals surface area contributed by atoms with E-state index in [1.807, 2.05) is 11.0 Å². The Morgan fingerprint density at radius 1 is 1.09 bits per heavy atom. The summed E-state index contributed by atoms with van der Waals surface area (Å²) in [6, 6.07) is 5.48. The molecule has 2 aliphatic heterocycles. The number of hydrogen-bond donors (Lipinski definition) is 2. The highest BCUT2D eigenvalue weighted by Crippen LogP contribution is 2.40. The zero-order valence-electron chi connectivity index (χ0n) is 17.9. The first-order chi connectivity index (χ1) is 15.7. The second-order valence-corrected chi connectivity index (χ2v) is 9.95. The Bertz CT molecular complexity index is 1360. The molecule has 0 bridgehead atoms. The Labute approximate surface area is 189 Å². The van der Waals surface area contributed by atoms with E-state index < -0.39 is 21.7 Å². The van der Waals surface area contributed by atoms with Gasteiger partial charge in [-0.3, -0.25) is 5.10 Å². The zero-order chi connectivity index (χ0) is 23.3. The highest BCUT2D eigenvalue weighted by atomic mass is 32.2. The van der Waals surface area contributed by atoms with Crippen LogP contribution in [0.15, 0.2) is 35.5 Å². The second-order valence-electron chi connectivity index (χ2n) is 7.97. The average molecular weight is 474 g/mol. The second kappa shape index (κ2) is 7.89. The first-order valence-electron chi connectivity index (χ1n) is 10.3. The molecule has 1 aromatic carbocycles. The van der Waals surface area contributed by atoms with Crippen LogP contribution in [0, 0.1) is 18.6 Å². The van der Waals surface area contributed by atoms with Crippen LogP contribution < -0.4 is 10.2 Å². The van der Waals surface area contributed by atoms with Gasteiger partial charge >= 0.3 is 0 Å². The summed E-state index contributed by atoms with van der Waals surface area (Å²) in [6.45, 7) is 3.48. The van der Waals surface area contributed by atoms with Crippen LogP contribution in [-0.4, -0.2) is 66.2 Å². The van der Waals surface area contributed by atoms with E-state index in [2.05, 4.69) is 25.5 Å². The minimum Gasteiger partial charge on any atom is -0.354 e. The predicted molar refractivity (Wildman–Crippen MR) is 121 cm³/mol. The molecule has 2 aromatic heterocycles. The molecule has 1 saturated heterocycles. The summed E-state index contributed by atoms with van der Waals surface area (Å²) in [6.07, 6.45) is 2.77. The van der Waals surface area contributed by atoms with Crippen molar-refractivity contribution in [2.45, 2.75) is 6.92 Å². The first kappa shape index (κ1) is 21.5. The molecule has 0 amide bonds. The van der Waals surface area contributed by atoms with Gasteiger partial charge in [0.2, 0.25) is 10.0 Å². The number of anilines is 2. The smallest absolute Gasteiger partial charge is 0.211 e. The Kier molecular flexibility index (Phi) is 5.13. The predicted octanol–water partition coefficient (Wildman–Crippen LogP) is 2.64. The molecule has 5 rings (SSSR count). The third-order valence-electron chi connectivity index (χ3n) is 5.77. The number of nitrogens with zero attached hydrogens (tertiary/aromatic N) is 5. The van der Waals surface area contributed by atoms with Crippen molar-refractivity contribution < 1.29 is 17.2 Å². The normalized spacial score (nSPS) is 16.5. The van der Waals surface area contributed by atoms with Gasteiger partial charge in [-0.05, 0) is 25.1 Å². The van der Waals surface area contributed by atoms with Gasteiger partial charge in [-0.2, -0.15) is 9.40 Å². The van der Waals surface area contributed by atoms with Crippen molar-refractivity contribution in [3.05, 3.63) is 53.4 Å². The molecule has 2 aliphatic rings. The van der Waals surface area contributed by atoms with Gasteiger partial charge in [-0.1, -0.05) is 6.07 Å². The average Bonchev–Trinajstić information content (AvgIpc) is 3.04. The fourth-order valence-corrected chi connectivity index (χ4v) is 4.85. The van der Waals surface area contributed by atoms with Crippen molar-refractivity contribution >= 4 is 33.1 Å². The number of halogens is 2. The molecule has 33 heavy (non-hydrogen) atoms. The van der Waals surface area contributed by atoms with E-state index in [0.717, 1.165) is 0 Å². The number of aliphatic imine (C=N–C) groups is 1. The number of rotatable bonds is 3. The highest BCUT2D eigenvalue weighted by molar-refractivity contribution is 7.88. The van der Waals surface area contributed by atoms with Gasteiger partial charge in [0.15, 0.2) is 0 Å². The van der Waals surface area contributed by atoms with Crippen molar-refractivity contribution in [3.63, 3.8) is 0 Å². The fourth-order valence-electron chi connectivity index (χ4n) is 4.02. The Morgan fingerprint density at radius 2 is 1.79 bits per heavy atom. The number of aromatic amines is 1. The van der Waals surface area contributed by atoms with Gasteiger partial charge in [0.1, 0.15) is 34.7 Å². The topological polar surface area (TPSA) is 107 Å². The quantitative estimate of drug-likeness (QED) is 0.606. The van der Waals surface area contributed by atoms with Crippen LogP contribution in [0.4, 0.5) is 26.0 Å². The maximum Gasteiger partial charge on any atom is 0.211 e. The maximum absolute atomic E-state index is 14.5. The molecule has 4 heterocycles. The Morgan fingerprint density at radius 3 is 2.45 bits per heavy atom. The van der Waals surface area contributed by atoms with Crippen LogP contribution in [-0.2, 0) is 10.0 Å². The molecule has 0 radical (unpaired) electrons. The largest absolute Gasteiger partial charge is 0.354 e. The van der Waals surface area contributed by atoms with Crippen molar-refractivity contribution in [1.29, 1.82) is 0 Å². The van der Waals surface area contributed by atoms with Crippen LogP contribution in [0.25, 0.3) is 11.3 Å². The summed E-state index contributed by atoms with van der Waals surface area (Å²) < 4.78 is 54.1. The lowest BCUT2D eigenvalue weighted by molar-refractivity contribution is 0.387. The standard InChI is InChI=1S/C21H21F2N7O2S/c1-12-19-20(28-27-12)13-10-17(29-6-8-30(9-7-29)33(2,31)32)24-11-16(13)25-21(26-19)18-14(22)4-3-5-15(18)23/h3-5,10-11H,6-9H2,1-2H3,(H,25,26)(H,27,28). The van der Waals surface area contributed by atoms with E-state index in [-0.39, 0.29) is 11.4 Å². The van der Waals surface area contributed by atoms with E-state index in [0.29, 0.717) is 60.3 Å². The number of pyridine rings is 1. The number of piperazine rings is 1. The van der Waals surface area contributed by atoms with Crippen LogP contribution >= 0.6 is 0 Å². The van der Waals surface area contributed by atoms with E-state index >= 15 is 0 Å². The van der Waals surface area contributed by atoms with Crippen molar-refractivity contribution in [2.75, 3.05) is 42.7 Å². The summed E-state index contributed by atoms with van der Waals surface area (Å²) >= 11 is 0. The maximum atomic E-state index is 14.5. The Hall–Kier alpha value is -3.38. The number of H-pyrrole nitrogens is 1. The van der Waals surface area contributed by atoms with Crippen molar-refractivity contribution in [2.24, 2.45) is 4.99 Å². The van der Waals surface area contributed by atoms with E-state index in [1.165, 1.54) is 28.8 Å². The number of amidine groups is 1. The number of benzene rings is 1. The first-order valence-corrected chi connectivity index (χ1v) is 12.1. The molecule has 0 spiro atoms. The molecule has 3 aromatic rings. The molecule has 0 atom stereocenters. The van der Waals surface area contributed by atoms with Crippen molar-refractivity contribution in [1.82, 2.24) is 19.5 Å². The zero-order valence-corrected chi connectivity index (χ0v) is 18.7. The number of fused-ring (bicyclic) bond motifs is 3. The minimum absolute atomic E-state index is 0.0198. The number of aromatic nitrogens is 3. The van der Waals surface area contributed by atoms with Crippen LogP contribution in [0.1, 0.15) is 11.3 Å². The molecule has 172 valence electrons. The minimum atomic E-state index is -3.24. The van der Waals surface area contributed by atoms with Gasteiger partial charge in [0.05, 0.1) is 29.4 Å². The Balaban J connectivity index is 1.54. The number of nitrogens with one attached hydrogen (secondary N) is 2. The molecule has 0 unspecified atom stereocenters.